The summed E-state index contributed by atoms with van der Waals surface area (Å²) in [5.74, 6) is 0.903. The predicted octanol–water partition coefficient (Wildman–Crippen LogP) is 2.75. The molecule has 0 spiro atoms. The van der Waals surface area contributed by atoms with E-state index in [4.69, 9.17) is 13.7 Å². The summed E-state index contributed by atoms with van der Waals surface area (Å²) in [4.78, 5) is 22.3. The van der Waals surface area contributed by atoms with Crippen LogP contribution in [0.4, 0.5) is 4.39 Å². The summed E-state index contributed by atoms with van der Waals surface area (Å²) in [6.45, 7) is 4.19. The van der Waals surface area contributed by atoms with Crippen molar-refractivity contribution in [3.8, 4) is 5.75 Å². The van der Waals surface area contributed by atoms with Crippen molar-refractivity contribution >= 4 is 5.91 Å². The summed E-state index contributed by atoms with van der Waals surface area (Å²) in [6.07, 6.45) is 1.27. The quantitative estimate of drug-likeness (QED) is 0.639. The van der Waals surface area contributed by atoms with E-state index in [1.54, 1.807) is 6.92 Å². The van der Waals surface area contributed by atoms with Crippen molar-refractivity contribution in [2.45, 2.75) is 27.0 Å². The first kappa shape index (κ1) is 17.6. The lowest BCUT2D eigenvalue weighted by Gasteiger charge is -2.17. The number of aryl methyl sites for hydroxylation is 1. The molecule has 0 aliphatic rings. The second kappa shape index (κ2) is 7.77. The molecule has 0 atom stereocenters. The molecule has 136 valence electrons. The van der Waals surface area contributed by atoms with Gasteiger partial charge in [0.1, 0.15) is 17.8 Å². The molecule has 1 aromatic carbocycles. The Kier molecular flexibility index (Phi) is 5.26. The van der Waals surface area contributed by atoms with E-state index < -0.39 is 0 Å². The number of hydrogen-bond acceptors (Lipinski definition) is 7. The number of benzene rings is 1. The minimum absolute atomic E-state index is 0.0229. The Morgan fingerprint density at radius 3 is 2.69 bits per heavy atom. The summed E-state index contributed by atoms with van der Waals surface area (Å²) in [6, 6.07) is 5.57. The minimum Gasteiger partial charge on any atom is -0.484 e. The molecule has 3 aromatic rings. The third kappa shape index (κ3) is 4.24. The number of ether oxygens (including phenoxy) is 1. The van der Waals surface area contributed by atoms with Crippen LogP contribution in [0.25, 0.3) is 0 Å². The van der Waals surface area contributed by atoms with Crippen LogP contribution >= 0.6 is 0 Å². The number of oxazole rings is 1. The molecular weight excluding hydrogens is 343 g/mol. The molecule has 26 heavy (non-hydrogen) atoms. The third-order valence-electron chi connectivity index (χ3n) is 3.52. The molecule has 0 N–H and O–H groups in total. The average molecular weight is 360 g/mol. The summed E-state index contributed by atoms with van der Waals surface area (Å²) < 4.78 is 28.5. The van der Waals surface area contributed by atoms with Crippen LogP contribution in [0, 0.1) is 12.7 Å². The van der Waals surface area contributed by atoms with E-state index in [1.165, 1.54) is 35.4 Å². The van der Waals surface area contributed by atoms with E-state index in [0.717, 1.165) is 0 Å². The molecule has 2 heterocycles. The van der Waals surface area contributed by atoms with Gasteiger partial charge in [0.15, 0.2) is 18.1 Å². The largest absolute Gasteiger partial charge is 0.484 e. The highest BCUT2D eigenvalue weighted by atomic mass is 19.1. The molecule has 0 unspecified atom stereocenters. The van der Waals surface area contributed by atoms with Crippen molar-refractivity contribution in [1.82, 2.24) is 20.0 Å². The number of amides is 1. The molecule has 0 saturated heterocycles. The van der Waals surface area contributed by atoms with Crippen molar-refractivity contribution in [1.29, 1.82) is 0 Å². The summed E-state index contributed by atoms with van der Waals surface area (Å²) in [5.41, 5.74) is 0.157. The number of nitrogens with zero attached hydrogens (tertiary/aromatic N) is 4. The zero-order valence-electron chi connectivity index (χ0n) is 14.3. The van der Waals surface area contributed by atoms with Gasteiger partial charge in [0.25, 0.3) is 5.91 Å². The molecular formula is C17H17FN4O4. The zero-order valence-corrected chi connectivity index (χ0v) is 14.3. The summed E-state index contributed by atoms with van der Waals surface area (Å²) in [5, 5.41) is 3.78. The van der Waals surface area contributed by atoms with Crippen molar-refractivity contribution < 1.29 is 22.9 Å². The van der Waals surface area contributed by atoms with Gasteiger partial charge in [-0.15, -0.1) is 0 Å². The van der Waals surface area contributed by atoms with Gasteiger partial charge in [0.05, 0.1) is 6.54 Å². The summed E-state index contributed by atoms with van der Waals surface area (Å²) in [7, 11) is 0. The van der Waals surface area contributed by atoms with Crippen LogP contribution < -0.4 is 4.74 Å². The van der Waals surface area contributed by atoms with Crippen molar-refractivity contribution in [2.75, 3.05) is 6.54 Å². The van der Waals surface area contributed by atoms with Crippen LogP contribution in [-0.2, 0) is 13.2 Å². The Labute approximate surface area is 148 Å². The Hall–Kier alpha value is -3.23. The normalized spacial score (nSPS) is 10.7. The lowest BCUT2D eigenvalue weighted by molar-refractivity contribution is 0.0741. The molecule has 8 nitrogen and oxygen atoms in total. The number of aromatic nitrogens is 3. The van der Waals surface area contributed by atoms with Crippen molar-refractivity contribution in [2.24, 2.45) is 0 Å². The molecule has 2 aromatic heterocycles. The zero-order chi connectivity index (χ0) is 18.5. The van der Waals surface area contributed by atoms with Gasteiger partial charge in [0, 0.05) is 13.5 Å². The first-order chi connectivity index (χ1) is 12.5. The highest BCUT2D eigenvalue weighted by Gasteiger charge is 2.20. The van der Waals surface area contributed by atoms with Gasteiger partial charge in [-0.2, -0.15) is 4.98 Å². The molecule has 9 heteroatoms. The van der Waals surface area contributed by atoms with Crippen LogP contribution in [0.1, 0.15) is 35.0 Å². The van der Waals surface area contributed by atoms with Gasteiger partial charge < -0.3 is 18.6 Å². The molecule has 0 radical (unpaired) electrons. The van der Waals surface area contributed by atoms with Gasteiger partial charge in [-0.05, 0) is 31.2 Å². The van der Waals surface area contributed by atoms with E-state index in [-0.39, 0.29) is 36.5 Å². The van der Waals surface area contributed by atoms with E-state index in [9.17, 15) is 9.18 Å². The SMILES string of the molecule is CCN(Cc1noc(C)n1)C(=O)c1coc(COc2ccc(F)cc2)n1. The first-order valence-corrected chi connectivity index (χ1v) is 7.96. The monoisotopic (exact) mass is 360 g/mol. The standard InChI is InChI=1S/C17H17FN4O4/c1-3-22(8-15-19-11(2)26-21-15)17(23)14-9-25-16(20-14)10-24-13-6-4-12(18)5-7-13/h4-7,9H,3,8,10H2,1-2H3. The van der Waals surface area contributed by atoms with Crippen LogP contribution in [0.15, 0.2) is 39.5 Å². The molecule has 3 rings (SSSR count). The highest BCUT2D eigenvalue weighted by Crippen LogP contribution is 2.14. The van der Waals surface area contributed by atoms with E-state index >= 15 is 0 Å². The third-order valence-corrected chi connectivity index (χ3v) is 3.52. The lowest BCUT2D eigenvalue weighted by atomic mass is 10.3. The Morgan fingerprint density at radius 1 is 1.27 bits per heavy atom. The fourth-order valence-electron chi connectivity index (χ4n) is 2.22. The number of halogens is 1. The van der Waals surface area contributed by atoms with Crippen LogP contribution in [0.2, 0.25) is 0 Å². The van der Waals surface area contributed by atoms with E-state index in [1.807, 2.05) is 6.92 Å². The fourth-order valence-corrected chi connectivity index (χ4v) is 2.22. The van der Waals surface area contributed by atoms with Gasteiger partial charge in [-0.25, -0.2) is 9.37 Å². The second-order valence-electron chi connectivity index (χ2n) is 5.42. The van der Waals surface area contributed by atoms with Gasteiger partial charge in [-0.1, -0.05) is 5.16 Å². The van der Waals surface area contributed by atoms with Crippen LogP contribution in [0.3, 0.4) is 0 Å². The Morgan fingerprint density at radius 2 is 2.04 bits per heavy atom. The van der Waals surface area contributed by atoms with Gasteiger partial charge >= 0.3 is 0 Å². The van der Waals surface area contributed by atoms with Crippen molar-refractivity contribution in [3.05, 3.63) is 59.6 Å². The van der Waals surface area contributed by atoms with Crippen molar-refractivity contribution in [3.63, 3.8) is 0 Å². The maximum atomic E-state index is 12.9. The van der Waals surface area contributed by atoms with Gasteiger partial charge in [-0.3, -0.25) is 4.79 Å². The smallest absolute Gasteiger partial charge is 0.276 e. The maximum Gasteiger partial charge on any atom is 0.276 e. The molecule has 0 bridgehead atoms. The summed E-state index contributed by atoms with van der Waals surface area (Å²) >= 11 is 0. The minimum atomic E-state index is -0.349. The fraction of sp³-hybridized carbons (Fsp3) is 0.294. The number of rotatable bonds is 7. The van der Waals surface area contributed by atoms with Crippen LogP contribution in [-0.4, -0.2) is 32.5 Å². The molecule has 1 amide bonds. The average Bonchev–Trinajstić information content (AvgIpc) is 3.27. The molecule has 0 saturated carbocycles. The molecule has 0 aliphatic carbocycles. The number of carbonyl (C=O) groups is 1. The number of carbonyl (C=O) groups excluding carboxylic acids is 1. The predicted molar refractivity (Wildman–Crippen MR) is 86.7 cm³/mol. The highest BCUT2D eigenvalue weighted by molar-refractivity contribution is 5.91. The van der Waals surface area contributed by atoms with E-state index in [0.29, 0.717) is 24.0 Å². The maximum absolute atomic E-state index is 12.9. The molecule has 0 fully saturated rings. The van der Waals surface area contributed by atoms with Crippen LogP contribution in [0.5, 0.6) is 5.75 Å². The Bertz CT molecular complexity index is 875. The van der Waals surface area contributed by atoms with E-state index in [2.05, 4.69) is 15.1 Å². The number of hydrogen-bond donors (Lipinski definition) is 0. The first-order valence-electron chi connectivity index (χ1n) is 7.96. The lowest BCUT2D eigenvalue weighted by Crippen LogP contribution is -2.31. The molecule has 0 aliphatic heterocycles. The Balaban J connectivity index is 1.61. The second-order valence-corrected chi connectivity index (χ2v) is 5.42. The topological polar surface area (TPSA) is 94.5 Å². The van der Waals surface area contributed by atoms with Gasteiger partial charge in [0.2, 0.25) is 11.8 Å².